The van der Waals surface area contributed by atoms with Crippen LogP contribution in [0.5, 0.6) is 0 Å². The van der Waals surface area contributed by atoms with Crippen molar-refractivity contribution in [1.29, 1.82) is 0 Å². The largest absolute Gasteiger partial charge is 0.511 e. The summed E-state index contributed by atoms with van der Waals surface area (Å²) in [4.78, 5) is 4.44. The summed E-state index contributed by atoms with van der Waals surface area (Å²) < 4.78 is 74.9. The summed E-state index contributed by atoms with van der Waals surface area (Å²) >= 11 is 0. The van der Waals surface area contributed by atoms with Gasteiger partial charge in [0, 0.05) is 32.7 Å². The maximum Gasteiger partial charge on any atom is 0.511 e. The van der Waals surface area contributed by atoms with Crippen LogP contribution >= 0.6 is 24.0 Å². The van der Waals surface area contributed by atoms with E-state index < -0.39 is 15.5 Å². The van der Waals surface area contributed by atoms with Crippen molar-refractivity contribution in [1.82, 2.24) is 14.9 Å². The van der Waals surface area contributed by atoms with Gasteiger partial charge in [0.15, 0.2) is 5.96 Å². The topological polar surface area (TPSA) is 73.8 Å². The maximum absolute atomic E-state index is 13.7. The first kappa shape index (κ1) is 26.9. The van der Waals surface area contributed by atoms with Gasteiger partial charge in [-0.05, 0) is 43.7 Å². The Kier molecular flexibility index (Phi) is 10.8. The fraction of sp³-hybridized carbons (Fsp3) is 0.611. The zero-order valence-electron chi connectivity index (χ0n) is 16.6. The fourth-order valence-corrected chi connectivity index (χ4v) is 4.04. The van der Waals surface area contributed by atoms with Crippen molar-refractivity contribution in [2.75, 3.05) is 32.7 Å². The van der Waals surface area contributed by atoms with Crippen LogP contribution in [0.3, 0.4) is 0 Å². The predicted octanol–water partition coefficient (Wildman–Crippen LogP) is 3.10. The Balaban J connectivity index is 0.00000450. The van der Waals surface area contributed by atoms with Crippen molar-refractivity contribution in [2.45, 2.75) is 31.7 Å². The van der Waals surface area contributed by atoms with Gasteiger partial charge in [-0.15, -0.1) is 24.0 Å². The predicted molar refractivity (Wildman–Crippen MR) is 119 cm³/mol. The van der Waals surface area contributed by atoms with Gasteiger partial charge in [0.25, 0.3) is 0 Å². The van der Waals surface area contributed by atoms with E-state index in [0.29, 0.717) is 54.7 Å². The van der Waals surface area contributed by atoms with Crippen LogP contribution in [0.2, 0.25) is 0 Å². The van der Waals surface area contributed by atoms with Gasteiger partial charge < -0.3 is 10.6 Å². The highest BCUT2D eigenvalue weighted by atomic mass is 127. The average molecular weight is 566 g/mol. The lowest BCUT2D eigenvalue weighted by Gasteiger charge is -2.30. The van der Waals surface area contributed by atoms with E-state index >= 15 is 0 Å². The molecule has 2 N–H and O–H groups in total. The lowest BCUT2D eigenvalue weighted by molar-refractivity contribution is -0.0496. The van der Waals surface area contributed by atoms with Crippen LogP contribution in [0.25, 0.3) is 0 Å². The number of aliphatic imine (C=N–C) groups is 1. The number of alkyl halides is 3. The number of halogens is 5. The highest BCUT2D eigenvalue weighted by Crippen LogP contribution is 2.30. The monoisotopic (exact) mass is 566 g/mol. The third-order valence-electron chi connectivity index (χ3n) is 4.70. The van der Waals surface area contributed by atoms with E-state index in [2.05, 4.69) is 15.6 Å². The number of rotatable bonds is 7. The van der Waals surface area contributed by atoms with E-state index in [4.69, 9.17) is 0 Å². The lowest BCUT2D eigenvalue weighted by atomic mass is 9.98. The number of hydrogen-bond donors (Lipinski definition) is 2. The van der Waals surface area contributed by atoms with Gasteiger partial charge in [-0.1, -0.05) is 18.2 Å². The molecule has 0 atom stereocenters. The lowest BCUT2D eigenvalue weighted by Crippen LogP contribution is -2.45. The third-order valence-corrected chi connectivity index (χ3v) is 6.33. The number of hydrogen-bond acceptors (Lipinski definition) is 3. The second-order valence-electron chi connectivity index (χ2n) is 6.78. The molecular weight excluding hydrogens is 539 g/mol. The summed E-state index contributed by atoms with van der Waals surface area (Å²) in [7, 11) is -5.26. The molecule has 1 aromatic carbocycles. The maximum atomic E-state index is 13.7. The number of nitrogens with one attached hydrogen (secondary N) is 2. The van der Waals surface area contributed by atoms with Crippen LogP contribution in [-0.4, -0.2) is 56.9 Å². The summed E-state index contributed by atoms with van der Waals surface area (Å²) in [6.45, 7) is 3.02. The first-order chi connectivity index (χ1) is 13.6. The molecule has 0 unspecified atom stereocenters. The van der Waals surface area contributed by atoms with E-state index in [1.807, 2.05) is 6.92 Å². The number of piperidine rings is 1. The molecule has 0 radical (unpaired) electrons. The molecule has 2 rings (SSSR count). The summed E-state index contributed by atoms with van der Waals surface area (Å²) in [5.74, 6) is 0.266. The van der Waals surface area contributed by atoms with Crippen LogP contribution in [0.4, 0.5) is 17.6 Å². The molecule has 0 aromatic heterocycles. The van der Waals surface area contributed by atoms with Crippen LogP contribution in [0.1, 0.15) is 25.3 Å². The van der Waals surface area contributed by atoms with Crippen molar-refractivity contribution in [2.24, 2.45) is 10.9 Å². The van der Waals surface area contributed by atoms with Crippen LogP contribution in [0, 0.1) is 11.7 Å². The van der Waals surface area contributed by atoms with Gasteiger partial charge in [0.05, 0.1) is 0 Å². The Bertz CT molecular complexity index is 798. The number of nitrogens with zero attached hydrogens (tertiary/aromatic N) is 2. The molecule has 1 saturated heterocycles. The molecule has 0 aliphatic carbocycles. The van der Waals surface area contributed by atoms with Gasteiger partial charge in [0.2, 0.25) is 0 Å². The molecule has 172 valence electrons. The molecule has 0 amide bonds. The summed E-state index contributed by atoms with van der Waals surface area (Å²) in [6.07, 6.45) is 1.10. The zero-order chi connectivity index (χ0) is 21.5. The molecule has 1 fully saturated rings. The van der Waals surface area contributed by atoms with Crippen LogP contribution in [-0.2, 0) is 16.4 Å². The number of guanidine groups is 1. The molecule has 1 aliphatic heterocycles. The Morgan fingerprint density at radius 1 is 1.20 bits per heavy atom. The summed E-state index contributed by atoms with van der Waals surface area (Å²) in [5.41, 5.74) is -4.67. The minimum atomic E-state index is -5.27. The van der Waals surface area contributed by atoms with Crippen LogP contribution in [0.15, 0.2) is 29.3 Å². The first-order valence-corrected chi connectivity index (χ1v) is 10.9. The van der Waals surface area contributed by atoms with Crippen LogP contribution < -0.4 is 10.6 Å². The molecule has 0 spiro atoms. The normalized spacial score (nSPS) is 16.8. The molecular formula is C18H27F4IN4O2S. The van der Waals surface area contributed by atoms with Crippen molar-refractivity contribution in [3.63, 3.8) is 0 Å². The average Bonchev–Trinajstić information content (AvgIpc) is 2.67. The summed E-state index contributed by atoms with van der Waals surface area (Å²) in [5, 5.41) is 6.17. The summed E-state index contributed by atoms with van der Waals surface area (Å²) in [6, 6.07) is 6.51. The Morgan fingerprint density at radius 3 is 2.40 bits per heavy atom. The fourth-order valence-electron chi connectivity index (χ4n) is 3.06. The van der Waals surface area contributed by atoms with E-state index in [9.17, 15) is 26.0 Å². The molecule has 1 heterocycles. The van der Waals surface area contributed by atoms with E-state index in [1.165, 1.54) is 6.07 Å². The molecule has 0 saturated carbocycles. The highest BCUT2D eigenvalue weighted by Gasteiger charge is 2.50. The van der Waals surface area contributed by atoms with Gasteiger partial charge in [0.1, 0.15) is 5.82 Å². The highest BCUT2D eigenvalue weighted by molar-refractivity contribution is 14.0. The minimum Gasteiger partial charge on any atom is -0.357 e. The number of benzene rings is 1. The third kappa shape index (κ3) is 7.52. The molecule has 6 nitrogen and oxygen atoms in total. The molecule has 1 aliphatic rings. The second kappa shape index (κ2) is 12.0. The minimum absolute atomic E-state index is 0. The van der Waals surface area contributed by atoms with Crippen molar-refractivity contribution < 1.29 is 26.0 Å². The van der Waals surface area contributed by atoms with Gasteiger partial charge in [-0.2, -0.15) is 17.5 Å². The molecule has 1 aromatic rings. The van der Waals surface area contributed by atoms with Crippen molar-refractivity contribution >= 4 is 40.0 Å². The van der Waals surface area contributed by atoms with E-state index in [-0.39, 0.29) is 48.8 Å². The van der Waals surface area contributed by atoms with E-state index in [1.54, 1.807) is 18.2 Å². The van der Waals surface area contributed by atoms with E-state index in [0.717, 1.165) is 0 Å². The van der Waals surface area contributed by atoms with Crippen molar-refractivity contribution in [3.05, 3.63) is 35.6 Å². The first-order valence-electron chi connectivity index (χ1n) is 9.47. The Labute approximate surface area is 191 Å². The SMILES string of the molecule is CCNC(=NCC1CCN(S(=O)(=O)C(F)(F)F)CC1)NCCc1ccccc1F.I. The smallest absolute Gasteiger partial charge is 0.357 e. The Morgan fingerprint density at radius 2 is 1.83 bits per heavy atom. The quantitative estimate of drug-likeness (QED) is 0.231. The van der Waals surface area contributed by atoms with Gasteiger partial charge >= 0.3 is 15.5 Å². The molecule has 30 heavy (non-hydrogen) atoms. The zero-order valence-corrected chi connectivity index (χ0v) is 19.7. The van der Waals surface area contributed by atoms with Gasteiger partial charge in [-0.3, -0.25) is 4.99 Å². The second-order valence-corrected chi connectivity index (χ2v) is 8.71. The Hall–Kier alpha value is -1.15. The molecule has 0 bridgehead atoms. The molecule has 12 heteroatoms. The number of sulfonamides is 1. The van der Waals surface area contributed by atoms with Gasteiger partial charge in [-0.25, -0.2) is 12.8 Å². The standard InChI is InChI=1S/C18H26F4N4O2S.HI/c1-2-23-17(24-10-7-15-5-3-4-6-16(15)19)25-13-14-8-11-26(12-9-14)29(27,28)18(20,21)22;/h3-6,14H,2,7-13H2,1H3,(H2,23,24,25);1H. The van der Waals surface area contributed by atoms with Crippen molar-refractivity contribution in [3.8, 4) is 0 Å².